The number of aromatic nitrogens is 1. The SMILES string of the molecule is CCOC(=O)C1=C(C)N=c2s/c(=C/c3ccc(Cl)cc3)c(=O)n2[C@@H]1c1ccccc1Cl. The van der Waals surface area contributed by atoms with Gasteiger partial charge in [0.2, 0.25) is 0 Å². The van der Waals surface area contributed by atoms with Crippen molar-refractivity contribution in [1.29, 1.82) is 0 Å². The zero-order chi connectivity index (χ0) is 22.1. The van der Waals surface area contributed by atoms with E-state index in [4.69, 9.17) is 27.9 Å². The third-order valence-corrected chi connectivity index (χ3v) is 6.46. The number of hydrogen-bond donors (Lipinski definition) is 0. The van der Waals surface area contributed by atoms with Crippen LogP contribution in [0.4, 0.5) is 0 Å². The topological polar surface area (TPSA) is 60.7 Å². The Labute approximate surface area is 192 Å². The van der Waals surface area contributed by atoms with Crippen molar-refractivity contribution in [3.8, 4) is 0 Å². The molecule has 3 aromatic rings. The number of halogens is 2. The molecule has 1 aliphatic rings. The molecular weight excluding hydrogens is 455 g/mol. The highest BCUT2D eigenvalue weighted by molar-refractivity contribution is 7.07. The highest BCUT2D eigenvalue weighted by Gasteiger charge is 2.34. The highest BCUT2D eigenvalue weighted by Crippen LogP contribution is 2.34. The number of rotatable bonds is 4. The van der Waals surface area contributed by atoms with Gasteiger partial charge in [-0.2, -0.15) is 0 Å². The van der Waals surface area contributed by atoms with Crippen molar-refractivity contribution >= 4 is 46.6 Å². The summed E-state index contributed by atoms with van der Waals surface area (Å²) in [6, 6.07) is 13.6. The van der Waals surface area contributed by atoms with E-state index in [2.05, 4.69) is 4.99 Å². The summed E-state index contributed by atoms with van der Waals surface area (Å²) in [6.45, 7) is 3.69. The molecule has 0 N–H and O–H groups in total. The monoisotopic (exact) mass is 472 g/mol. The molecule has 1 aliphatic heterocycles. The Kier molecular flexibility index (Phi) is 6.14. The molecule has 1 aromatic heterocycles. The molecule has 8 heteroatoms. The second-order valence-corrected chi connectivity index (χ2v) is 8.73. The molecule has 0 fully saturated rings. The van der Waals surface area contributed by atoms with Crippen molar-refractivity contribution in [2.75, 3.05) is 6.61 Å². The van der Waals surface area contributed by atoms with Gasteiger partial charge in [0.1, 0.15) is 6.04 Å². The molecule has 31 heavy (non-hydrogen) atoms. The summed E-state index contributed by atoms with van der Waals surface area (Å²) in [5.41, 5.74) is 2.03. The van der Waals surface area contributed by atoms with E-state index in [0.717, 1.165) is 5.56 Å². The Morgan fingerprint density at radius 2 is 1.90 bits per heavy atom. The molecule has 2 aromatic carbocycles. The Morgan fingerprint density at radius 3 is 2.58 bits per heavy atom. The van der Waals surface area contributed by atoms with Gasteiger partial charge < -0.3 is 4.74 Å². The number of benzene rings is 2. The average Bonchev–Trinajstić information content (AvgIpc) is 3.04. The van der Waals surface area contributed by atoms with E-state index >= 15 is 0 Å². The fourth-order valence-electron chi connectivity index (χ4n) is 3.49. The lowest BCUT2D eigenvalue weighted by atomic mass is 9.96. The fourth-order valence-corrected chi connectivity index (χ4v) is 4.90. The molecular formula is C23H18Cl2N2O3S. The van der Waals surface area contributed by atoms with Gasteiger partial charge in [0, 0.05) is 10.0 Å². The van der Waals surface area contributed by atoms with Crippen LogP contribution in [-0.2, 0) is 9.53 Å². The highest BCUT2D eigenvalue weighted by atomic mass is 35.5. The number of thiazole rings is 1. The summed E-state index contributed by atoms with van der Waals surface area (Å²) in [5, 5.41) is 1.07. The van der Waals surface area contributed by atoms with Gasteiger partial charge >= 0.3 is 5.97 Å². The number of allylic oxidation sites excluding steroid dienone is 1. The van der Waals surface area contributed by atoms with Crippen LogP contribution in [0.2, 0.25) is 10.0 Å². The number of carbonyl (C=O) groups is 1. The minimum Gasteiger partial charge on any atom is -0.463 e. The van der Waals surface area contributed by atoms with E-state index in [-0.39, 0.29) is 12.2 Å². The van der Waals surface area contributed by atoms with Gasteiger partial charge in [0.15, 0.2) is 4.80 Å². The number of esters is 1. The number of ether oxygens (including phenoxy) is 1. The number of hydrogen-bond acceptors (Lipinski definition) is 5. The van der Waals surface area contributed by atoms with Crippen LogP contribution in [0.5, 0.6) is 0 Å². The molecule has 5 nitrogen and oxygen atoms in total. The van der Waals surface area contributed by atoms with Gasteiger partial charge in [0.05, 0.1) is 22.4 Å². The van der Waals surface area contributed by atoms with Crippen LogP contribution in [0.25, 0.3) is 6.08 Å². The quantitative estimate of drug-likeness (QED) is 0.536. The second kappa shape index (κ2) is 8.83. The third-order valence-electron chi connectivity index (χ3n) is 4.88. The zero-order valence-corrected chi connectivity index (χ0v) is 19.1. The number of nitrogens with zero attached hydrogens (tertiary/aromatic N) is 2. The maximum atomic E-state index is 13.5. The van der Waals surface area contributed by atoms with E-state index in [9.17, 15) is 9.59 Å². The smallest absolute Gasteiger partial charge is 0.338 e. The predicted octanol–water partition coefficient (Wildman–Crippen LogP) is 4.11. The molecule has 0 aliphatic carbocycles. The van der Waals surface area contributed by atoms with Crippen LogP contribution >= 0.6 is 34.5 Å². The molecule has 0 saturated carbocycles. The van der Waals surface area contributed by atoms with Gasteiger partial charge in [-0.25, -0.2) is 9.79 Å². The largest absolute Gasteiger partial charge is 0.463 e. The summed E-state index contributed by atoms with van der Waals surface area (Å²) in [6.07, 6.45) is 1.78. The van der Waals surface area contributed by atoms with Crippen LogP contribution in [0.1, 0.15) is 31.0 Å². The van der Waals surface area contributed by atoms with Crippen LogP contribution in [0.15, 0.2) is 69.6 Å². The molecule has 2 heterocycles. The van der Waals surface area contributed by atoms with Crippen molar-refractivity contribution in [2.24, 2.45) is 4.99 Å². The normalized spacial score (nSPS) is 16.1. The molecule has 0 unspecified atom stereocenters. The molecule has 4 rings (SSSR count). The van der Waals surface area contributed by atoms with Crippen LogP contribution in [0.3, 0.4) is 0 Å². The molecule has 1 atom stereocenters. The molecule has 0 spiro atoms. The van der Waals surface area contributed by atoms with Crippen LogP contribution < -0.4 is 14.9 Å². The minimum atomic E-state index is -0.726. The molecule has 0 saturated heterocycles. The van der Waals surface area contributed by atoms with Crippen molar-refractivity contribution < 1.29 is 9.53 Å². The molecule has 0 bridgehead atoms. The van der Waals surface area contributed by atoms with E-state index < -0.39 is 12.0 Å². The minimum absolute atomic E-state index is 0.214. The molecule has 0 radical (unpaired) electrons. The first kappa shape index (κ1) is 21.6. The predicted molar refractivity (Wildman–Crippen MR) is 123 cm³/mol. The zero-order valence-electron chi connectivity index (χ0n) is 16.8. The van der Waals surface area contributed by atoms with Crippen LogP contribution in [0, 0.1) is 0 Å². The van der Waals surface area contributed by atoms with Gasteiger partial charge in [-0.1, -0.05) is 64.9 Å². The summed E-state index contributed by atoms with van der Waals surface area (Å²) < 4.78 is 7.30. The van der Waals surface area contributed by atoms with Crippen molar-refractivity contribution in [3.63, 3.8) is 0 Å². The number of fused-ring (bicyclic) bond motifs is 1. The van der Waals surface area contributed by atoms with E-state index in [1.807, 2.05) is 18.2 Å². The maximum absolute atomic E-state index is 13.5. The summed E-state index contributed by atoms with van der Waals surface area (Å²) in [7, 11) is 0. The van der Waals surface area contributed by atoms with Gasteiger partial charge in [-0.3, -0.25) is 9.36 Å². The maximum Gasteiger partial charge on any atom is 0.338 e. The Hall–Kier alpha value is -2.67. The van der Waals surface area contributed by atoms with Crippen molar-refractivity contribution in [3.05, 3.63) is 101 Å². The van der Waals surface area contributed by atoms with Gasteiger partial charge in [-0.15, -0.1) is 0 Å². The van der Waals surface area contributed by atoms with Crippen LogP contribution in [-0.4, -0.2) is 17.1 Å². The third kappa shape index (κ3) is 4.11. The lowest BCUT2D eigenvalue weighted by Gasteiger charge is -2.25. The second-order valence-electron chi connectivity index (χ2n) is 6.88. The Balaban J connectivity index is 1.97. The Bertz CT molecular complexity index is 1370. The van der Waals surface area contributed by atoms with E-state index in [0.29, 0.717) is 36.2 Å². The first-order valence-electron chi connectivity index (χ1n) is 9.60. The first-order valence-corrected chi connectivity index (χ1v) is 11.2. The Morgan fingerprint density at radius 1 is 1.19 bits per heavy atom. The molecule has 0 amide bonds. The van der Waals surface area contributed by atoms with E-state index in [1.54, 1.807) is 50.3 Å². The van der Waals surface area contributed by atoms with E-state index in [1.165, 1.54) is 15.9 Å². The lowest BCUT2D eigenvalue weighted by Crippen LogP contribution is -2.40. The average molecular weight is 473 g/mol. The lowest BCUT2D eigenvalue weighted by molar-refractivity contribution is -0.139. The summed E-state index contributed by atoms with van der Waals surface area (Å²) in [4.78, 5) is 31.3. The number of carbonyl (C=O) groups excluding carboxylic acids is 1. The fraction of sp³-hybridized carbons (Fsp3) is 0.174. The van der Waals surface area contributed by atoms with Gasteiger partial charge in [-0.05, 0) is 49.2 Å². The first-order chi connectivity index (χ1) is 14.9. The summed E-state index contributed by atoms with van der Waals surface area (Å²) >= 11 is 13.7. The summed E-state index contributed by atoms with van der Waals surface area (Å²) in [5.74, 6) is -0.513. The van der Waals surface area contributed by atoms with Gasteiger partial charge in [0.25, 0.3) is 5.56 Å². The standard InChI is InChI=1S/C23H18Cl2N2O3S/c1-3-30-22(29)19-13(2)26-23-27(20(19)16-6-4-5-7-17(16)25)21(28)18(31-23)12-14-8-10-15(24)11-9-14/h4-12,20H,3H2,1-2H3/b18-12+/t20-/m1/s1. The molecule has 158 valence electrons. The van der Waals surface area contributed by atoms with Crippen molar-refractivity contribution in [1.82, 2.24) is 4.57 Å². The van der Waals surface area contributed by atoms with Crippen molar-refractivity contribution in [2.45, 2.75) is 19.9 Å².